The molecule has 4 nitrogen and oxygen atoms in total. The Morgan fingerprint density at radius 3 is 2.43 bits per heavy atom. The van der Waals surface area contributed by atoms with E-state index in [0.29, 0.717) is 31.6 Å². The van der Waals surface area contributed by atoms with Crippen LogP contribution in [0.3, 0.4) is 0 Å². The van der Waals surface area contributed by atoms with E-state index in [-0.39, 0.29) is 6.42 Å². The zero-order valence-electron chi connectivity index (χ0n) is 13.0. The van der Waals surface area contributed by atoms with E-state index in [1.165, 1.54) is 0 Å². The van der Waals surface area contributed by atoms with Gasteiger partial charge in [0.15, 0.2) is 0 Å². The van der Waals surface area contributed by atoms with Gasteiger partial charge in [0.1, 0.15) is 6.04 Å². The lowest BCUT2D eigenvalue weighted by atomic mass is 9.93. The van der Waals surface area contributed by atoms with Crippen molar-refractivity contribution in [3.8, 4) is 0 Å². The van der Waals surface area contributed by atoms with Crippen molar-refractivity contribution in [3.05, 3.63) is 35.9 Å². The molecule has 0 bridgehead atoms. The maximum absolute atomic E-state index is 13.2. The van der Waals surface area contributed by atoms with Crippen LogP contribution in [0.4, 0.5) is 18.0 Å². The number of urea groups is 1. The third kappa shape index (κ3) is 5.42. The van der Waals surface area contributed by atoms with Gasteiger partial charge in [-0.2, -0.15) is 13.2 Å². The van der Waals surface area contributed by atoms with Crippen molar-refractivity contribution in [1.82, 2.24) is 10.6 Å². The standard InChI is InChI=1S/C16H21F3N2O2/c1-15(7-9-23-10-8-15)21-14(22)20-13(16(17,18)19)11-12-5-3-2-4-6-12/h2-6,13H,7-11H2,1H3,(H2,20,21,22)/t13-/m0/s1. The number of alkyl halides is 3. The molecule has 1 aliphatic rings. The van der Waals surface area contributed by atoms with Gasteiger partial charge in [0, 0.05) is 25.2 Å². The SMILES string of the molecule is CC1(NC(=O)N[C@@H](Cc2ccccc2)C(F)(F)F)CCOCC1. The van der Waals surface area contributed by atoms with Gasteiger partial charge in [-0.3, -0.25) is 0 Å². The summed E-state index contributed by atoms with van der Waals surface area (Å²) in [5.41, 5.74) is -0.0157. The van der Waals surface area contributed by atoms with Crippen molar-refractivity contribution in [2.75, 3.05) is 13.2 Å². The molecule has 7 heteroatoms. The largest absolute Gasteiger partial charge is 0.408 e. The molecule has 0 unspecified atom stereocenters. The lowest BCUT2D eigenvalue weighted by molar-refractivity contribution is -0.152. The number of carbonyl (C=O) groups is 1. The quantitative estimate of drug-likeness (QED) is 0.891. The Bertz CT molecular complexity index is 514. The summed E-state index contributed by atoms with van der Waals surface area (Å²) in [6, 6.07) is 5.58. The van der Waals surface area contributed by atoms with Gasteiger partial charge < -0.3 is 15.4 Å². The molecule has 1 saturated heterocycles. The summed E-state index contributed by atoms with van der Waals surface area (Å²) < 4.78 is 44.7. The number of amides is 2. The second-order valence-electron chi connectivity index (χ2n) is 6.06. The molecule has 1 aromatic rings. The first kappa shape index (κ1) is 17.6. The van der Waals surface area contributed by atoms with E-state index in [0.717, 1.165) is 0 Å². The zero-order chi connectivity index (χ0) is 16.9. The van der Waals surface area contributed by atoms with Crippen LogP contribution in [-0.4, -0.2) is 37.0 Å². The van der Waals surface area contributed by atoms with Gasteiger partial charge in [0.25, 0.3) is 0 Å². The number of nitrogens with one attached hydrogen (secondary N) is 2. The Kier molecular flexibility index (Phi) is 5.51. The average molecular weight is 330 g/mol. The molecular formula is C16H21F3N2O2. The van der Waals surface area contributed by atoms with Crippen molar-refractivity contribution in [1.29, 1.82) is 0 Å². The average Bonchev–Trinajstić information content (AvgIpc) is 2.47. The van der Waals surface area contributed by atoms with Crippen LogP contribution in [0.1, 0.15) is 25.3 Å². The molecule has 1 aromatic carbocycles. The molecule has 2 N–H and O–H groups in total. The first-order valence-corrected chi connectivity index (χ1v) is 7.56. The molecule has 1 atom stereocenters. The van der Waals surface area contributed by atoms with Gasteiger partial charge in [0.2, 0.25) is 0 Å². The highest BCUT2D eigenvalue weighted by atomic mass is 19.4. The molecule has 0 aromatic heterocycles. The molecule has 1 aliphatic heterocycles. The number of carbonyl (C=O) groups excluding carboxylic acids is 1. The molecule has 23 heavy (non-hydrogen) atoms. The van der Waals surface area contributed by atoms with E-state index in [4.69, 9.17) is 4.74 Å². The lowest BCUT2D eigenvalue weighted by Crippen LogP contribution is -2.57. The van der Waals surface area contributed by atoms with Crippen LogP contribution in [0.25, 0.3) is 0 Å². The van der Waals surface area contributed by atoms with Gasteiger partial charge in [-0.05, 0) is 25.3 Å². The summed E-state index contributed by atoms with van der Waals surface area (Å²) in [5.74, 6) is 0. The smallest absolute Gasteiger partial charge is 0.381 e. The highest BCUT2D eigenvalue weighted by Crippen LogP contribution is 2.24. The van der Waals surface area contributed by atoms with Crippen LogP contribution in [-0.2, 0) is 11.2 Å². The summed E-state index contributed by atoms with van der Waals surface area (Å²) in [5, 5.41) is 4.72. The predicted molar refractivity (Wildman–Crippen MR) is 80.1 cm³/mol. The highest BCUT2D eigenvalue weighted by Gasteiger charge is 2.41. The van der Waals surface area contributed by atoms with E-state index < -0.39 is 23.8 Å². The number of ether oxygens (including phenoxy) is 1. The molecule has 0 aliphatic carbocycles. The van der Waals surface area contributed by atoms with Crippen molar-refractivity contribution in [3.63, 3.8) is 0 Å². The Hall–Kier alpha value is -1.76. The Morgan fingerprint density at radius 2 is 1.87 bits per heavy atom. The lowest BCUT2D eigenvalue weighted by Gasteiger charge is -2.35. The van der Waals surface area contributed by atoms with Gasteiger partial charge >= 0.3 is 12.2 Å². The molecule has 128 valence electrons. The second kappa shape index (κ2) is 7.21. The highest BCUT2D eigenvalue weighted by molar-refractivity contribution is 5.75. The molecule has 0 saturated carbocycles. The minimum absolute atomic E-state index is 0.294. The number of benzene rings is 1. The summed E-state index contributed by atoms with van der Waals surface area (Å²) in [6.07, 6.45) is -3.65. The van der Waals surface area contributed by atoms with Gasteiger partial charge in [0.05, 0.1) is 0 Å². The second-order valence-corrected chi connectivity index (χ2v) is 6.06. The number of rotatable bonds is 4. The topological polar surface area (TPSA) is 50.4 Å². The van der Waals surface area contributed by atoms with Crippen molar-refractivity contribution in [2.24, 2.45) is 0 Å². The van der Waals surface area contributed by atoms with Crippen LogP contribution in [0.2, 0.25) is 0 Å². The third-order valence-electron chi connectivity index (χ3n) is 3.99. The van der Waals surface area contributed by atoms with Crippen molar-refractivity contribution >= 4 is 6.03 Å². The molecule has 2 rings (SSSR count). The Morgan fingerprint density at radius 1 is 1.26 bits per heavy atom. The molecule has 1 heterocycles. The van der Waals surface area contributed by atoms with E-state index in [2.05, 4.69) is 10.6 Å². The monoisotopic (exact) mass is 330 g/mol. The summed E-state index contributed by atoms with van der Waals surface area (Å²) in [4.78, 5) is 12.0. The van der Waals surface area contributed by atoms with Crippen molar-refractivity contribution in [2.45, 2.75) is 43.9 Å². The molecular weight excluding hydrogens is 309 g/mol. The fourth-order valence-corrected chi connectivity index (χ4v) is 2.51. The summed E-state index contributed by atoms with van der Waals surface area (Å²) in [6.45, 7) is 2.79. The maximum atomic E-state index is 13.2. The van der Waals surface area contributed by atoms with Gasteiger partial charge in [-0.25, -0.2) is 4.79 Å². The van der Waals surface area contributed by atoms with Gasteiger partial charge in [-0.1, -0.05) is 30.3 Å². The minimum atomic E-state index is -4.51. The minimum Gasteiger partial charge on any atom is -0.381 e. The molecule has 1 fully saturated rings. The van der Waals surface area contributed by atoms with Gasteiger partial charge in [-0.15, -0.1) is 0 Å². The summed E-state index contributed by atoms with van der Waals surface area (Å²) in [7, 11) is 0. The first-order chi connectivity index (χ1) is 10.8. The molecule has 0 radical (unpaired) electrons. The number of hydrogen-bond acceptors (Lipinski definition) is 2. The third-order valence-corrected chi connectivity index (χ3v) is 3.99. The van der Waals surface area contributed by atoms with E-state index in [9.17, 15) is 18.0 Å². The molecule has 0 spiro atoms. The fraction of sp³-hybridized carbons (Fsp3) is 0.562. The van der Waals surface area contributed by atoms with Crippen LogP contribution in [0, 0.1) is 0 Å². The predicted octanol–water partition coefficient (Wildman–Crippen LogP) is 3.03. The van der Waals surface area contributed by atoms with E-state index in [1.54, 1.807) is 30.3 Å². The molecule has 2 amide bonds. The normalized spacial score (nSPS) is 19.0. The maximum Gasteiger partial charge on any atom is 0.408 e. The van der Waals surface area contributed by atoms with E-state index >= 15 is 0 Å². The Balaban J connectivity index is 1.98. The van der Waals surface area contributed by atoms with Crippen LogP contribution < -0.4 is 10.6 Å². The fourth-order valence-electron chi connectivity index (χ4n) is 2.51. The summed E-state index contributed by atoms with van der Waals surface area (Å²) >= 11 is 0. The zero-order valence-corrected chi connectivity index (χ0v) is 13.0. The van der Waals surface area contributed by atoms with E-state index in [1.807, 2.05) is 6.92 Å². The first-order valence-electron chi connectivity index (χ1n) is 7.56. The van der Waals surface area contributed by atoms with Crippen molar-refractivity contribution < 1.29 is 22.7 Å². The number of hydrogen-bond donors (Lipinski definition) is 2. The van der Waals surface area contributed by atoms with Crippen LogP contribution in [0.5, 0.6) is 0 Å². The number of halogens is 3. The van der Waals surface area contributed by atoms with Crippen LogP contribution in [0.15, 0.2) is 30.3 Å². The Labute approximate surface area is 133 Å². The van der Waals surface area contributed by atoms with Crippen LogP contribution >= 0.6 is 0 Å².